The molecule has 0 aromatic rings. The maximum Gasteiger partial charge on any atom is 0.111 e. The van der Waals surface area contributed by atoms with E-state index in [1.54, 1.807) is 0 Å². The number of fused-ring (bicyclic) bond motifs is 1. The van der Waals surface area contributed by atoms with E-state index in [4.69, 9.17) is 14.5 Å². The van der Waals surface area contributed by atoms with Crippen molar-refractivity contribution < 1.29 is 14.5 Å². The lowest BCUT2D eigenvalue weighted by atomic mass is 9.70. The van der Waals surface area contributed by atoms with Crippen molar-refractivity contribution in [3.63, 3.8) is 0 Å². The second kappa shape index (κ2) is 5.03. The SMILES string of the molecule is C1CCC2CC(OOCC3CO3)CCC2C1. The molecule has 16 heavy (non-hydrogen) atoms. The van der Waals surface area contributed by atoms with Gasteiger partial charge in [0.2, 0.25) is 0 Å². The van der Waals surface area contributed by atoms with Gasteiger partial charge in [0.15, 0.2) is 0 Å². The fraction of sp³-hybridized carbons (Fsp3) is 1.00. The summed E-state index contributed by atoms with van der Waals surface area (Å²) in [6.07, 6.45) is 10.1. The predicted octanol–water partition coefficient (Wildman–Crippen LogP) is 2.69. The normalized spacial score (nSPS) is 42.8. The van der Waals surface area contributed by atoms with Gasteiger partial charge in [-0.3, -0.25) is 0 Å². The molecule has 1 aliphatic heterocycles. The third-order valence-corrected chi connectivity index (χ3v) is 4.35. The summed E-state index contributed by atoms with van der Waals surface area (Å²) in [5.74, 6) is 1.90. The van der Waals surface area contributed by atoms with Crippen LogP contribution in [-0.2, 0) is 14.5 Å². The van der Waals surface area contributed by atoms with E-state index < -0.39 is 0 Å². The highest BCUT2D eigenvalue weighted by Gasteiger charge is 2.33. The molecule has 4 atom stereocenters. The summed E-state index contributed by atoms with van der Waals surface area (Å²) in [4.78, 5) is 10.8. The van der Waals surface area contributed by atoms with Crippen molar-refractivity contribution in [2.24, 2.45) is 11.8 Å². The highest BCUT2D eigenvalue weighted by Crippen LogP contribution is 2.41. The molecule has 4 unspecified atom stereocenters. The van der Waals surface area contributed by atoms with E-state index in [-0.39, 0.29) is 0 Å². The lowest BCUT2D eigenvalue weighted by Crippen LogP contribution is -2.32. The molecule has 3 heteroatoms. The Labute approximate surface area is 97.4 Å². The van der Waals surface area contributed by atoms with E-state index in [0.29, 0.717) is 18.8 Å². The van der Waals surface area contributed by atoms with Crippen LogP contribution in [0, 0.1) is 11.8 Å². The summed E-state index contributed by atoms with van der Waals surface area (Å²) in [6, 6.07) is 0. The quantitative estimate of drug-likeness (QED) is 0.419. The number of rotatable bonds is 4. The molecule has 0 bridgehead atoms. The third kappa shape index (κ3) is 2.76. The van der Waals surface area contributed by atoms with Gasteiger partial charge in [0.05, 0.1) is 12.7 Å². The van der Waals surface area contributed by atoms with Crippen LogP contribution >= 0.6 is 0 Å². The maximum atomic E-state index is 5.50. The molecule has 3 aliphatic rings. The smallest absolute Gasteiger partial charge is 0.111 e. The number of epoxide rings is 1. The zero-order valence-corrected chi connectivity index (χ0v) is 9.90. The summed E-state index contributed by atoms with van der Waals surface area (Å²) in [5.41, 5.74) is 0. The largest absolute Gasteiger partial charge is 0.370 e. The molecular formula is C13H22O3. The Morgan fingerprint density at radius 1 is 1.00 bits per heavy atom. The lowest BCUT2D eigenvalue weighted by Gasteiger charge is -2.38. The van der Waals surface area contributed by atoms with Gasteiger partial charge >= 0.3 is 0 Å². The van der Waals surface area contributed by atoms with Crippen LogP contribution in [0.3, 0.4) is 0 Å². The van der Waals surface area contributed by atoms with Gasteiger partial charge in [0, 0.05) is 0 Å². The number of hydrogen-bond acceptors (Lipinski definition) is 3. The first kappa shape index (κ1) is 11.0. The molecule has 92 valence electrons. The standard InChI is InChI=1S/C13H22O3/c1-2-4-11-7-12(6-5-10(11)3-1)16-15-9-13-8-14-13/h10-13H,1-9H2. The van der Waals surface area contributed by atoms with Crippen molar-refractivity contribution in [2.45, 2.75) is 57.2 Å². The fourth-order valence-electron chi connectivity index (χ4n) is 3.29. The number of hydrogen-bond donors (Lipinski definition) is 0. The van der Waals surface area contributed by atoms with Gasteiger partial charge < -0.3 is 4.74 Å². The van der Waals surface area contributed by atoms with Gasteiger partial charge in [-0.15, -0.1) is 0 Å². The summed E-state index contributed by atoms with van der Waals surface area (Å²) in [6.45, 7) is 1.46. The molecule has 3 rings (SSSR count). The van der Waals surface area contributed by atoms with Crippen LogP contribution in [-0.4, -0.2) is 25.4 Å². The zero-order chi connectivity index (χ0) is 10.8. The molecule has 0 radical (unpaired) electrons. The fourth-order valence-corrected chi connectivity index (χ4v) is 3.29. The Morgan fingerprint density at radius 2 is 1.81 bits per heavy atom. The van der Waals surface area contributed by atoms with Crippen molar-refractivity contribution in [3.8, 4) is 0 Å². The Hall–Kier alpha value is -0.120. The van der Waals surface area contributed by atoms with E-state index in [1.807, 2.05) is 0 Å². The average molecular weight is 226 g/mol. The van der Waals surface area contributed by atoms with E-state index in [2.05, 4.69) is 0 Å². The van der Waals surface area contributed by atoms with Gasteiger partial charge in [0.1, 0.15) is 12.7 Å². The summed E-state index contributed by atoms with van der Waals surface area (Å²) in [7, 11) is 0. The Kier molecular flexibility index (Phi) is 3.46. The van der Waals surface area contributed by atoms with E-state index in [9.17, 15) is 0 Å². The van der Waals surface area contributed by atoms with Crippen molar-refractivity contribution in [1.29, 1.82) is 0 Å². The summed E-state index contributed by atoms with van der Waals surface area (Å²) in [5, 5.41) is 0. The minimum atomic E-state index is 0.311. The van der Waals surface area contributed by atoms with Crippen LogP contribution in [0.15, 0.2) is 0 Å². The van der Waals surface area contributed by atoms with Crippen molar-refractivity contribution in [1.82, 2.24) is 0 Å². The molecule has 2 saturated carbocycles. The lowest BCUT2D eigenvalue weighted by molar-refractivity contribution is -0.333. The minimum absolute atomic E-state index is 0.311. The van der Waals surface area contributed by atoms with Gasteiger partial charge in [0.25, 0.3) is 0 Å². The molecule has 0 spiro atoms. The first-order chi connectivity index (χ1) is 7.92. The topological polar surface area (TPSA) is 31.0 Å². The second-order valence-corrected chi connectivity index (χ2v) is 5.58. The van der Waals surface area contributed by atoms with Crippen LogP contribution < -0.4 is 0 Å². The number of ether oxygens (including phenoxy) is 1. The third-order valence-electron chi connectivity index (χ3n) is 4.35. The van der Waals surface area contributed by atoms with Crippen LogP contribution in [0.1, 0.15) is 44.9 Å². The van der Waals surface area contributed by atoms with E-state index in [1.165, 1.54) is 44.9 Å². The molecule has 0 amide bonds. The average Bonchev–Trinajstić information content (AvgIpc) is 3.13. The Morgan fingerprint density at radius 3 is 2.62 bits per heavy atom. The maximum absolute atomic E-state index is 5.50. The molecule has 3 nitrogen and oxygen atoms in total. The molecular weight excluding hydrogens is 204 g/mol. The van der Waals surface area contributed by atoms with Gasteiger partial charge in [-0.1, -0.05) is 25.7 Å². The molecule has 0 aromatic heterocycles. The highest BCUT2D eigenvalue weighted by molar-refractivity contribution is 4.83. The van der Waals surface area contributed by atoms with Gasteiger partial charge in [-0.05, 0) is 31.1 Å². The molecule has 3 fully saturated rings. The van der Waals surface area contributed by atoms with Crippen LogP contribution in [0.4, 0.5) is 0 Å². The summed E-state index contributed by atoms with van der Waals surface area (Å²) < 4.78 is 5.08. The molecule has 1 saturated heterocycles. The molecule has 0 N–H and O–H groups in total. The Balaban J connectivity index is 1.39. The molecule has 2 aliphatic carbocycles. The first-order valence-corrected chi connectivity index (χ1v) is 6.81. The minimum Gasteiger partial charge on any atom is -0.370 e. The first-order valence-electron chi connectivity index (χ1n) is 6.81. The highest BCUT2D eigenvalue weighted by atomic mass is 17.2. The van der Waals surface area contributed by atoms with Gasteiger partial charge in [-0.25, -0.2) is 9.78 Å². The summed E-state index contributed by atoms with van der Waals surface area (Å²) >= 11 is 0. The Bertz CT molecular complexity index is 227. The van der Waals surface area contributed by atoms with Gasteiger partial charge in [-0.2, -0.15) is 0 Å². The van der Waals surface area contributed by atoms with Crippen molar-refractivity contribution in [3.05, 3.63) is 0 Å². The van der Waals surface area contributed by atoms with E-state index >= 15 is 0 Å². The molecule has 1 heterocycles. The van der Waals surface area contributed by atoms with Crippen LogP contribution in [0.2, 0.25) is 0 Å². The zero-order valence-electron chi connectivity index (χ0n) is 9.90. The van der Waals surface area contributed by atoms with Crippen molar-refractivity contribution >= 4 is 0 Å². The predicted molar refractivity (Wildman–Crippen MR) is 59.9 cm³/mol. The molecule has 0 aromatic carbocycles. The monoisotopic (exact) mass is 226 g/mol. The second-order valence-electron chi connectivity index (χ2n) is 5.58. The van der Waals surface area contributed by atoms with E-state index in [0.717, 1.165) is 18.4 Å². The van der Waals surface area contributed by atoms with Crippen LogP contribution in [0.5, 0.6) is 0 Å². The van der Waals surface area contributed by atoms with Crippen molar-refractivity contribution in [2.75, 3.05) is 13.2 Å². The van der Waals surface area contributed by atoms with Crippen LogP contribution in [0.25, 0.3) is 0 Å².